The van der Waals surface area contributed by atoms with E-state index in [0.29, 0.717) is 30.4 Å². The van der Waals surface area contributed by atoms with E-state index in [-0.39, 0.29) is 58.3 Å². The van der Waals surface area contributed by atoms with E-state index in [2.05, 4.69) is 16.0 Å². The Morgan fingerprint density at radius 2 is 1.67 bits per heavy atom. The molecule has 0 unspecified atom stereocenters. The number of rotatable bonds is 7. The SMILES string of the molecule is N[C@@H]1NC(=O)[C@@H]2NCN(c3ccccc3[C@@H]3/C=C/OC4(CCCCC4)[C@@H]4O[C@H](Oc5c3cc3c(c5OC[C@H](O)CC=O)C(=O)c5ccccc5C3=O)[C@@H](O)[C@H](O)[C@H]4O)[C@H]2N1. The largest absolute Gasteiger partial charge is 0.492 e. The number of nitrogens with two attached hydrogens (primary N) is 1. The number of aldehydes is 1. The van der Waals surface area contributed by atoms with Gasteiger partial charge in [0.2, 0.25) is 12.2 Å². The predicted molar refractivity (Wildman–Crippen MR) is 211 cm³/mol. The Labute approximate surface area is 344 Å². The molecular weight excluding hydrogens is 778 g/mol. The van der Waals surface area contributed by atoms with Crippen LogP contribution in [0.4, 0.5) is 5.69 Å². The minimum absolute atomic E-state index is 0.0331. The standard InChI is InChI=1S/C43H47N5O12/c44-42-46-39-30(40(56)47-42)45-20-48(39)28-11-5-4-8-23(28)22-13-17-58-43(14-6-1-7-15-43)38-34(54)33(53)35(55)41(60-38)59-36-26(22)18-27-29(37(36)57-19-21(50)12-16-49)32(52)25-10-3-2-9-24(25)31(27)51/h2-5,8-11,13,16-18,21-22,30,33-35,38-39,41-42,45-46,50,53-55H,1,6-7,12,14-15,19-20,44H2,(H,47,56)/b17-13+/t21-,22+,30-,33-,34-,35+,38-,39-,41+,42+/m1/s1. The molecule has 4 fully saturated rings. The second-order valence-electron chi connectivity index (χ2n) is 16.1. The fraction of sp³-hybridized carbons (Fsp3) is 0.442. The quantitative estimate of drug-likeness (QED) is 0.117. The van der Waals surface area contributed by atoms with E-state index in [0.717, 1.165) is 19.3 Å². The molecule has 3 aromatic carbocycles. The van der Waals surface area contributed by atoms with E-state index < -0.39 is 85.0 Å². The van der Waals surface area contributed by atoms with Crippen LogP contribution in [0, 0.1) is 0 Å². The lowest BCUT2D eigenvalue weighted by atomic mass is 9.76. The number of aliphatic hydroxyl groups is 4. The van der Waals surface area contributed by atoms with Gasteiger partial charge in [0.1, 0.15) is 61.4 Å². The Hall–Kier alpha value is -5.24. The van der Waals surface area contributed by atoms with Crippen molar-refractivity contribution in [2.24, 2.45) is 5.73 Å². The molecule has 316 valence electrons. The van der Waals surface area contributed by atoms with Gasteiger partial charge in [-0.05, 0) is 49.5 Å². The number of nitrogens with one attached hydrogen (secondary N) is 3. The van der Waals surface area contributed by atoms with E-state index in [1.807, 2.05) is 29.2 Å². The Bertz CT molecular complexity index is 2230. The number of hydrogen-bond acceptors (Lipinski definition) is 16. The zero-order chi connectivity index (χ0) is 41.9. The number of benzene rings is 3. The van der Waals surface area contributed by atoms with Crippen LogP contribution in [0.25, 0.3) is 0 Å². The summed E-state index contributed by atoms with van der Waals surface area (Å²) in [5.41, 5.74) is 6.57. The summed E-state index contributed by atoms with van der Waals surface area (Å²) in [6.45, 7) is -0.276. The lowest BCUT2D eigenvalue weighted by Crippen LogP contribution is -2.70. The number of aliphatic hydroxyl groups excluding tert-OH is 4. The summed E-state index contributed by atoms with van der Waals surface area (Å²) in [5.74, 6) is -2.69. The lowest BCUT2D eigenvalue weighted by Gasteiger charge is -2.49. The number of allylic oxidation sites excluding steroid dienone is 1. The zero-order valence-corrected chi connectivity index (χ0v) is 32.4. The number of carbonyl (C=O) groups is 4. The average molecular weight is 826 g/mol. The molecule has 3 saturated heterocycles. The first-order valence-electron chi connectivity index (χ1n) is 20.3. The van der Waals surface area contributed by atoms with Gasteiger partial charge in [-0.1, -0.05) is 48.9 Å². The number of ketones is 2. The molecule has 0 radical (unpaired) electrons. The second kappa shape index (κ2) is 16.0. The molecule has 2 aliphatic carbocycles. The number of nitrogens with zero attached hydrogens (tertiary/aromatic N) is 1. The molecule has 1 saturated carbocycles. The molecule has 9 rings (SSSR count). The van der Waals surface area contributed by atoms with Crippen molar-refractivity contribution in [3.63, 3.8) is 0 Å². The van der Waals surface area contributed by atoms with Crippen molar-refractivity contribution >= 4 is 29.4 Å². The minimum Gasteiger partial charge on any atom is -0.492 e. The maximum absolute atomic E-state index is 14.5. The molecule has 0 aromatic heterocycles. The fourth-order valence-electron chi connectivity index (χ4n) is 9.54. The number of para-hydroxylation sites is 1. The number of carbonyl (C=O) groups excluding carboxylic acids is 4. The van der Waals surface area contributed by atoms with Gasteiger partial charge in [-0.3, -0.25) is 30.8 Å². The van der Waals surface area contributed by atoms with Crippen molar-refractivity contribution in [1.29, 1.82) is 0 Å². The van der Waals surface area contributed by atoms with E-state index in [1.54, 1.807) is 24.3 Å². The first-order chi connectivity index (χ1) is 29.0. The van der Waals surface area contributed by atoms with Crippen molar-refractivity contribution in [1.82, 2.24) is 16.0 Å². The average Bonchev–Trinajstić information content (AvgIpc) is 3.67. The Morgan fingerprint density at radius 3 is 2.43 bits per heavy atom. The van der Waals surface area contributed by atoms with Crippen LogP contribution in [-0.4, -0.2) is 118 Å². The predicted octanol–water partition coefficient (Wildman–Crippen LogP) is 0.379. The molecule has 10 atom stereocenters. The van der Waals surface area contributed by atoms with Crippen LogP contribution >= 0.6 is 0 Å². The summed E-state index contributed by atoms with van der Waals surface area (Å²) in [7, 11) is 0. The molecule has 4 aliphatic heterocycles. The monoisotopic (exact) mass is 825 g/mol. The van der Waals surface area contributed by atoms with Crippen LogP contribution in [0.2, 0.25) is 0 Å². The van der Waals surface area contributed by atoms with E-state index in [9.17, 15) is 39.6 Å². The number of hydrogen-bond donors (Lipinski definition) is 8. The van der Waals surface area contributed by atoms with Gasteiger partial charge in [0.05, 0.1) is 24.6 Å². The van der Waals surface area contributed by atoms with Crippen LogP contribution in [0.5, 0.6) is 11.5 Å². The van der Waals surface area contributed by atoms with Gasteiger partial charge in [0.25, 0.3) is 0 Å². The third-order valence-corrected chi connectivity index (χ3v) is 12.5. The Kier molecular flexibility index (Phi) is 10.7. The first kappa shape index (κ1) is 40.2. The van der Waals surface area contributed by atoms with Gasteiger partial charge in [0.15, 0.2) is 23.1 Å². The third-order valence-electron chi connectivity index (χ3n) is 12.5. The Balaban J connectivity index is 1.29. The highest BCUT2D eigenvalue weighted by molar-refractivity contribution is 6.29. The topological polar surface area (TPSA) is 251 Å². The van der Waals surface area contributed by atoms with Gasteiger partial charge < -0.3 is 54.4 Å². The summed E-state index contributed by atoms with van der Waals surface area (Å²) in [6, 6.07) is 14.6. The third kappa shape index (κ3) is 6.75. The summed E-state index contributed by atoms with van der Waals surface area (Å²) >= 11 is 0. The zero-order valence-electron chi connectivity index (χ0n) is 32.4. The summed E-state index contributed by atoms with van der Waals surface area (Å²) in [5, 5.41) is 54.4. The molecule has 3 aromatic rings. The number of ether oxygens (including phenoxy) is 4. The molecular formula is C43H47N5O12. The van der Waals surface area contributed by atoms with Crippen LogP contribution in [-0.2, 0) is 19.1 Å². The fourth-order valence-corrected chi connectivity index (χ4v) is 9.54. The molecule has 4 heterocycles. The van der Waals surface area contributed by atoms with E-state index in [1.165, 1.54) is 18.4 Å². The van der Waals surface area contributed by atoms with Gasteiger partial charge >= 0.3 is 0 Å². The van der Waals surface area contributed by atoms with Crippen LogP contribution in [0.1, 0.15) is 87.4 Å². The molecule has 17 heteroatoms. The maximum Gasteiger partial charge on any atom is 0.242 e. The Morgan fingerprint density at radius 1 is 0.933 bits per heavy atom. The van der Waals surface area contributed by atoms with E-state index >= 15 is 0 Å². The minimum atomic E-state index is -1.83. The van der Waals surface area contributed by atoms with Crippen LogP contribution in [0.15, 0.2) is 66.9 Å². The van der Waals surface area contributed by atoms with Crippen molar-refractivity contribution in [3.8, 4) is 11.5 Å². The summed E-state index contributed by atoms with van der Waals surface area (Å²) in [6.07, 6.45) is -4.06. The number of anilines is 1. The van der Waals surface area contributed by atoms with Crippen molar-refractivity contribution in [2.75, 3.05) is 18.2 Å². The molecule has 1 spiro atoms. The van der Waals surface area contributed by atoms with Crippen molar-refractivity contribution in [3.05, 3.63) is 100 Å². The van der Waals surface area contributed by atoms with Gasteiger partial charge in [-0.2, -0.15) is 0 Å². The molecule has 1 amide bonds. The number of amides is 1. The molecule has 2 bridgehead atoms. The smallest absolute Gasteiger partial charge is 0.242 e. The number of fused-ring (bicyclic) bond motifs is 7. The first-order valence-corrected chi connectivity index (χ1v) is 20.3. The van der Waals surface area contributed by atoms with Crippen molar-refractivity contribution in [2.45, 2.75) is 105 Å². The van der Waals surface area contributed by atoms with Crippen LogP contribution in [0.3, 0.4) is 0 Å². The van der Waals surface area contributed by atoms with Gasteiger partial charge in [-0.25, -0.2) is 0 Å². The highest BCUT2D eigenvalue weighted by Crippen LogP contribution is 2.50. The molecule has 9 N–H and O–H groups in total. The summed E-state index contributed by atoms with van der Waals surface area (Å²) < 4.78 is 26.1. The lowest BCUT2D eigenvalue weighted by molar-refractivity contribution is -0.308. The highest BCUT2D eigenvalue weighted by atomic mass is 16.7. The molecule has 17 nitrogen and oxygen atoms in total. The van der Waals surface area contributed by atoms with E-state index in [4.69, 9.17) is 24.7 Å². The molecule has 6 aliphatic rings. The maximum atomic E-state index is 14.5. The normalized spacial score (nSPS) is 31.5. The summed E-state index contributed by atoms with van der Waals surface area (Å²) in [4.78, 5) is 55.5. The van der Waals surface area contributed by atoms with Gasteiger partial charge in [0, 0.05) is 40.3 Å². The van der Waals surface area contributed by atoms with Crippen molar-refractivity contribution < 1.29 is 58.6 Å². The van der Waals surface area contributed by atoms with Crippen LogP contribution < -0.4 is 36.1 Å². The molecule has 60 heavy (non-hydrogen) atoms. The van der Waals surface area contributed by atoms with Gasteiger partial charge in [-0.15, -0.1) is 0 Å². The second-order valence-corrected chi connectivity index (χ2v) is 16.1. The highest BCUT2D eigenvalue weighted by Gasteiger charge is 2.56.